The highest BCUT2D eigenvalue weighted by atomic mass is 32.2. The number of rotatable bonds is 14. The molecule has 2 aromatic heterocycles. The van der Waals surface area contributed by atoms with Gasteiger partial charge in [-0.15, -0.1) is 0 Å². The molecule has 282 valence electrons. The van der Waals surface area contributed by atoms with Crippen molar-refractivity contribution in [2.24, 2.45) is 0 Å². The molecule has 0 radical (unpaired) electrons. The summed E-state index contributed by atoms with van der Waals surface area (Å²) in [6.07, 6.45) is 5.31. The number of ketones is 1. The van der Waals surface area contributed by atoms with Crippen LogP contribution < -0.4 is 20.1 Å². The number of aryl methyl sites for hydroxylation is 2. The number of amides is 4. The van der Waals surface area contributed by atoms with Crippen LogP contribution in [0.5, 0.6) is 11.5 Å². The number of thioether (sulfide) groups is 2. The Morgan fingerprint density at radius 1 is 0.685 bits per heavy atom. The van der Waals surface area contributed by atoms with Crippen molar-refractivity contribution in [3.8, 4) is 11.5 Å². The van der Waals surface area contributed by atoms with Crippen LogP contribution in [0.25, 0.3) is 0 Å². The molecule has 2 aliphatic heterocycles. The number of Topliss-reactive ketones (excluding diaryl/α,β-unsaturated/α-hetero) is 1. The minimum atomic E-state index is -0.806. The summed E-state index contributed by atoms with van der Waals surface area (Å²) >= 11 is 2.03. The highest BCUT2D eigenvalue weighted by molar-refractivity contribution is 8.16. The first kappa shape index (κ1) is 40.1. The summed E-state index contributed by atoms with van der Waals surface area (Å²) in [5.41, 5.74) is 4.99. The van der Waals surface area contributed by atoms with Gasteiger partial charge in [0.15, 0.2) is 6.61 Å². The third kappa shape index (κ3) is 10.5. The second kappa shape index (κ2) is 17.9. The van der Waals surface area contributed by atoms with E-state index < -0.39 is 15.6 Å². The highest BCUT2D eigenvalue weighted by Gasteiger charge is 2.44. The van der Waals surface area contributed by atoms with E-state index in [2.05, 4.69) is 27.5 Å². The van der Waals surface area contributed by atoms with Crippen LogP contribution in [0.1, 0.15) is 72.2 Å². The Bertz CT molecular complexity index is 1980. The van der Waals surface area contributed by atoms with Gasteiger partial charge >= 0.3 is 0 Å². The SMILES string of the molecule is CCc1ccc(C(=O)COc2ccc(CC3(C)SC(=O)NC3=O)cc2)nc1.CCc1ccc(C(O)COc2ccc(CC3(C)SC(=O)NC3=O)cc2)nc1. The van der Waals surface area contributed by atoms with Crippen molar-refractivity contribution in [2.45, 2.75) is 69.0 Å². The first-order valence-corrected chi connectivity index (χ1v) is 19.1. The van der Waals surface area contributed by atoms with Gasteiger partial charge in [0.1, 0.15) is 39.4 Å². The van der Waals surface area contributed by atoms with Crippen LogP contribution in [-0.4, -0.2) is 65.9 Å². The molecule has 3 atom stereocenters. The Morgan fingerprint density at radius 3 is 1.56 bits per heavy atom. The number of hydrogen-bond acceptors (Lipinski definition) is 12. The third-order valence-corrected chi connectivity index (χ3v) is 11.0. The Morgan fingerprint density at radius 2 is 1.15 bits per heavy atom. The zero-order chi connectivity index (χ0) is 38.9. The molecule has 4 amide bonds. The monoisotopic (exact) mass is 770 g/mol. The lowest BCUT2D eigenvalue weighted by atomic mass is 9.99. The molecular formula is C40H42N4O8S2. The van der Waals surface area contributed by atoms with Crippen molar-refractivity contribution in [1.29, 1.82) is 0 Å². The first-order valence-electron chi connectivity index (χ1n) is 17.4. The quantitative estimate of drug-likeness (QED) is 0.124. The molecule has 0 bridgehead atoms. The molecule has 4 heterocycles. The summed E-state index contributed by atoms with van der Waals surface area (Å²) in [6, 6.07) is 21.8. The zero-order valence-corrected chi connectivity index (χ0v) is 32.1. The van der Waals surface area contributed by atoms with Crippen molar-refractivity contribution in [1.82, 2.24) is 20.6 Å². The minimum Gasteiger partial charge on any atom is -0.490 e. The fraction of sp³-hybridized carbons (Fsp3) is 0.325. The van der Waals surface area contributed by atoms with Gasteiger partial charge in [-0.25, -0.2) is 0 Å². The van der Waals surface area contributed by atoms with E-state index >= 15 is 0 Å². The molecule has 54 heavy (non-hydrogen) atoms. The molecule has 6 rings (SSSR count). The largest absolute Gasteiger partial charge is 0.490 e. The predicted molar refractivity (Wildman–Crippen MR) is 207 cm³/mol. The number of pyridine rings is 2. The van der Waals surface area contributed by atoms with E-state index in [-0.39, 0.29) is 41.3 Å². The lowest BCUT2D eigenvalue weighted by molar-refractivity contribution is -0.122. The summed E-state index contributed by atoms with van der Waals surface area (Å²) in [7, 11) is 0. The van der Waals surface area contributed by atoms with Crippen LogP contribution in [0.15, 0.2) is 85.2 Å². The first-order chi connectivity index (χ1) is 25.8. The van der Waals surface area contributed by atoms with Gasteiger partial charge in [0.2, 0.25) is 17.6 Å². The summed E-state index contributed by atoms with van der Waals surface area (Å²) in [6.45, 7) is 7.59. The maximum atomic E-state index is 12.2. The van der Waals surface area contributed by atoms with Crippen LogP contribution in [-0.2, 0) is 35.3 Å². The fourth-order valence-corrected chi connectivity index (χ4v) is 7.42. The van der Waals surface area contributed by atoms with Crippen molar-refractivity contribution < 1.29 is 38.6 Å². The van der Waals surface area contributed by atoms with Crippen LogP contribution in [0.2, 0.25) is 0 Å². The van der Waals surface area contributed by atoms with E-state index in [0.29, 0.717) is 35.7 Å². The van der Waals surface area contributed by atoms with Crippen LogP contribution in [0.3, 0.4) is 0 Å². The van der Waals surface area contributed by atoms with Gasteiger partial charge in [-0.3, -0.25) is 44.6 Å². The number of carbonyl (C=O) groups is 5. The van der Waals surface area contributed by atoms with E-state index in [1.807, 2.05) is 49.4 Å². The normalized spacial score (nSPS) is 19.7. The number of ether oxygens (including phenoxy) is 2. The summed E-state index contributed by atoms with van der Waals surface area (Å²) in [5, 5.41) is 14.2. The van der Waals surface area contributed by atoms with E-state index in [9.17, 15) is 29.1 Å². The Balaban J connectivity index is 0.000000208. The highest BCUT2D eigenvalue weighted by Crippen LogP contribution is 2.36. The number of aliphatic hydroxyl groups is 1. The maximum Gasteiger partial charge on any atom is 0.286 e. The Kier molecular flexibility index (Phi) is 13.3. The molecule has 3 N–H and O–H groups in total. The number of aliphatic hydroxyl groups excluding tert-OH is 1. The molecule has 2 fully saturated rings. The average molecular weight is 771 g/mol. The third-order valence-electron chi connectivity index (χ3n) is 8.85. The van der Waals surface area contributed by atoms with Gasteiger partial charge in [0.25, 0.3) is 10.5 Å². The predicted octanol–water partition coefficient (Wildman–Crippen LogP) is 6.23. The molecule has 14 heteroatoms. The topological polar surface area (TPSA) is 174 Å². The van der Waals surface area contributed by atoms with Gasteiger partial charge in [0.05, 0.1) is 5.69 Å². The lowest BCUT2D eigenvalue weighted by Gasteiger charge is -2.18. The van der Waals surface area contributed by atoms with Crippen LogP contribution in [0, 0.1) is 0 Å². The van der Waals surface area contributed by atoms with Gasteiger partial charge in [0, 0.05) is 12.4 Å². The molecule has 4 aromatic rings. The number of benzene rings is 2. The molecular weight excluding hydrogens is 729 g/mol. The lowest BCUT2D eigenvalue weighted by Crippen LogP contribution is -2.35. The average Bonchev–Trinajstić information content (AvgIpc) is 3.58. The molecule has 2 saturated heterocycles. The smallest absolute Gasteiger partial charge is 0.286 e. The van der Waals surface area contributed by atoms with E-state index in [1.165, 1.54) is 0 Å². The molecule has 2 aliphatic rings. The molecule has 12 nitrogen and oxygen atoms in total. The zero-order valence-electron chi connectivity index (χ0n) is 30.4. The molecule has 3 unspecified atom stereocenters. The summed E-state index contributed by atoms with van der Waals surface area (Å²) in [4.78, 5) is 67.2. The molecule has 0 aliphatic carbocycles. The standard InChI is InChI=1S/C20H22N2O4S.C20H20N2O4S/c2*1-3-13-6-9-16(21-11-13)17(23)12-26-15-7-4-14(5-8-15)10-20(2)18(24)22-19(25)27-20/h4-9,11,17,23H,3,10,12H2,1-2H3,(H,22,24,25);4-9,11H,3,10,12H2,1-2H3,(H,22,24,25). The fourth-order valence-electron chi connectivity index (χ4n) is 5.55. The second-order valence-electron chi connectivity index (χ2n) is 13.2. The van der Waals surface area contributed by atoms with E-state index in [4.69, 9.17) is 9.47 Å². The number of carbonyl (C=O) groups excluding carboxylic acids is 5. The van der Waals surface area contributed by atoms with Crippen molar-refractivity contribution >= 4 is 51.6 Å². The Hall–Kier alpha value is -5.05. The van der Waals surface area contributed by atoms with Gasteiger partial charge < -0.3 is 14.6 Å². The number of nitrogens with zero attached hydrogens (tertiary/aromatic N) is 2. The van der Waals surface area contributed by atoms with Crippen LogP contribution >= 0.6 is 23.5 Å². The maximum absolute atomic E-state index is 12.2. The number of nitrogens with one attached hydrogen (secondary N) is 2. The summed E-state index contributed by atoms with van der Waals surface area (Å²) in [5.74, 6) is 0.453. The number of aromatic nitrogens is 2. The molecule has 0 spiro atoms. The van der Waals surface area contributed by atoms with Crippen molar-refractivity contribution in [3.63, 3.8) is 0 Å². The van der Waals surface area contributed by atoms with E-state index in [0.717, 1.165) is 58.6 Å². The second-order valence-corrected chi connectivity index (χ2v) is 16.1. The van der Waals surface area contributed by atoms with Crippen LogP contribution in [0.4, 0.5) is 9.59 Å². The van der Waals surface area contributed by atoms with Crippen molar-refractivity contribution in [3.05, 3.63) is 119 Å². The minimum absolute atomic E-state index is 0.0949. The van der Waals surface area contributed by atoms with E-state index in [1.54, 1.807) is 56.6 Å². The van der Waals surface area contributed by atoms with Gasteiger partial charge in [-0.05, 0) is 122 Å². The summed E-state index contributed by atoms with van der Waals surface area (Å²) < 4.78 is 9.59. The molecule has 0 saturated carbocycles. The number of hydrogen-bond donors (Lipinski definition) is 3. The molecule has 2 aromatic carbocycles. The Labute approximate surface area is 322 Å². The van der Waals surface area contributed by atoms with Crippen molar-refractivity contribution in [2.75, 3.05) is 13.2 Å². The van der Waals surface area contributed by atoms with Gasteiger partial charge in [-0.2, -0.15) is 0 Å². The van der Waals surface area contributed by atoms with Gasteiger partial charge in [-0.1, -0.05) is 50.2 Å². The number of imide groups is 2.